The van der Waals surface area contributed by atoms with Crippen LogP contribution in [0.4, 0.5) is 4.39 Å². The van der Waals surface area contributed by atoms with Crippen LogP contribution in [0.1, 0.15) is 96.7 Å². The van der Waals surface area contributed by atoms with E-state index in [1.807, 2.05) is 20.8 Å². The summed E-state index contributed by atoms with van der Waals surface area (Å²) < 4.78 is 21.6. The number of carbonyl (C=O) groups excluding carboxylic acids is 2. The lowest BCUT2D eigenvalue weighted by Crippen LogP contribution is -2.40. The van der Waals surface area contributed by atoms with Crippen LogP contribution in [0, 0.1) is 11.7 Å². The monoisotopic (exact) mass is 518 g/mol. The van der Waals surface area contributed by atoms with Crippen molar-refractivity contribution < 1.29 is 23.8 Å². The third-order valence-corrected chi connectivity index (χ3v) is 6.76. The minimum atomic E-state index is -1.26. The number of hydrogen-bond acceptors (Lipinski definition) is 6. The first-order valence-corrected chi connectivity index (χ1v) is 13.7. The highest BCUT2D eigenvalue weighted by atomic mass is 19.1. The fraction of sp³-hybridized carbons (Fsp3) is 0.643. The Morgan fingerprint density at radius 1 is 1.19 bits per heavy atom. The second-order valence-electron chi connectivity index (χ2n) is 9.36. The summed E-state index contributed by atoms with van der Waals surface area (Å²) in [4.78, 5) is 23.2. The number of aryl methyl sites for hydroxylation is 1. The van der Waals surface area contributed by atoms with Gasteiger partial charge >= 0.3 is 0 Å². The Kier molecular flexibility index (Phi) is 12.7. The quantitative estimate of drug-likeness (QED) is 0.267. The van der Waals surface area contributed by atoms with Crippen LogP contribution in [0.5, 0.6) is 5.75 Å². The average Bonchev–Trinajstić information content (AvgIpc) is 3.34. The first-order chi connectivity index (χ1) is 17.9. The van der Waals surface area contributed by atoms with Gasteiger partial charge in [-0.2, -0.15) is 0 Å². The summed E-state index contributed by atoms with van der Waals surface area (Å²) in [5.74, 6) is -0.772. The largest absolute Gasteiger partial charge is 0.491 e. The number of nitrogens with zero attached hydrogens (tertiary/aromatic N) is 3. The molecule has 0 saturated carbocycles. The molecule has 0 spiro atoms. The predicted octanol–water partition coefficient (Wildman–Crippen LogP) is 5.08. The highest BCUT2D eigenvalue weighted by Crippen LogP contribution is 2.31. The molecule has 1 aromatic heterocycles. The predicted molar refractivity (Wildman–Crippen MR) is 140 cm³/mol. The lowest BCUT2D eigenvalue weighted by Gasteiger charge is -2.28. The van der Waals surface area contributed by atoms with Gasteiger partial charge in [-0.05, 0) is 56.2 Å². The van der Waals surface area contributed by atoms with Crippen LogP contribution in [-0.2, 0) is 28.2 Å². The number of ether oxygens (including phenoxy) is 1. The molecular weight excluding hydrogens is 475 g/mol. The Hall–Kier alpha value is -2.81. The van der Waals surface area contributed by atoms with Crippen molar-refractivity contribution >= 4 is 11.8 Å². The van der Waals surface area contributed by atoms with E-state index in [1.165, 1.54) is 6.07 Å². The van der Waals surface area contributed by atoms with Gasteiger partial charge in [-0.25, -0.2) is 9.07 Å². The van der Waals surface area contributed by atoms with E-state index in [0.29, 0.717) is 37.9 Å². The molecule has 9 heteroatoms. The molecule has 1 saturated heterocycles. The molecule has 1 fully saturated rings. The number of imide groups is 1. The molecule has 2 heterocycles. The van der Waals surface area contributed by atoms with E-state index in [2.05, 4.69) is 22.6 Å². The summed E-state index contributed by atoms with van der Waals surface area (Å²) in [5.41, 5.74) is 0.203. The molecule has 8 nitrogen and oxygen atoms in total. The van der Waals surface area contributed by atoms with Gasteiger partial charge < -0.3 is 9.84 Å². The highest BCUT2D eigenvalue weighted by Gasteiger charge is 2.30. The fourth-order valence-corrected chi connectivity index (χ4v) is 4.41. The molecule has 2 aromatic rings. The molecule has 3 rings (SSSR count). The number of aliphatic hydroxyl groups is 1. The summed E-state index contributed by atoms with van der Waals surface area (Å²) in [6, 6.07) is 4.51. The summed E-state index contributed by atoms with van der Waals surface area (Å²) in [5, 5.41) is 22.1. The van der Waals surface area contributed by atoms with Crippen molar-refractivity contribution in [2.75, 3.05) is 6.61 Å². The van der Waals surface area contributed by atoms with Gasteiger partial charge in [0.15, 0.2) is 11.6 Å². The molecule has 206 valence electrons. The van der Waals surface area contributed by atoms with E-state index in [1.54, 1.807) is 23.0 Å². The third kappa shape index (κ3) is 8.91. The summed E-state index contributed by atoms with van der Waals surface area (Å²) >= 11 is 0. The number of hydrogen-bond donors (Lipinski definition) is 2. The summed E-state index contributed by atoms with van der Waals surface area (Å²) in [6.45, 7) is 8.60. The Morgan fingerprint density at radius 2 is 1.97 bits per heavy atom. The average molecular weight is 519 g/mol. The van der Waals surface area contributed by atoms with E-state index in [4.69, 9.17) is 4.74 Å². The van der Waals surface area contributed by atoms with E-state index < -0.39 is 11.4 Å². The SMILES string of the molecule is CC.CCCCCOc1cc(C(O)(CC)Cn2nncc2CCCCC2CCC(=O)NC2=O)ccc1F. The van der Waals surface area contributed by atoms with Crippen LogP contribution < -0.4 is 10.1 Å². The molecule has 1 aliphatic rings. The third-order valence-electron chi connectivity index (χ3n) is 6.76. The summed E-state index contributed by atoms with van der Waals surface area (Å²) in [6.07, 6.45) is 9.13. The molecule has 1 aliphatic heterocycles. The molecule has 0 aliphatic carbocycles. The first-order valence-electron chi connectivity index (χ1n) is 13.7. The molecule has 0 bridgehead atoms. The standard InChI is InChI=1S/C26H37FN4O4.C2H6/c1-3-5-8-15-35-23-16-20(12-13-22(23)27)26(34,4-2)18-31-21(17-28-30-31)10-7-6-9-19-11-14-24(32)29-25(19)33;1-2/h12-13,16-17,19,34H,3-11,14-15,18H2,1-2H3,(H,29,32,33);1-2H3. The number of carbonyl (C=O) groups is 2. The summed E-state index contributed by atoms with van der Waals surface area (Å²) in [7, 11) is 0. The maximum Gasteiger partial charge on any atom is 0.229 e. The lowest BCUT2D eigenvalue weighted by molar-refractivity contribution is -0.136. The maximum atomic E-state index is 14.3. The van der Waals surface area contributed by atoms with Crippen LogP contribution in [0.2, 0.25) is 0 Å². The van der Waals surface area contributed by atoms with Gasteiger partial charge in [0.1, 0.15) is 5.60 Å². The molecule has 2 amide bonds. The lowest BCUT2D eigenvalue weighted by atomic mass is 9.90. The normalized spacial score (nSPS) is 17.0. The Balaban J connectivity index is 0.00000235. The van der Waals surface area contributed by atoms with Crippen LogP contribution in [-0.4, -0.2) is 38.5 Å². The minimum absolute atomic E-state index is 0.113. The molecule has 0 radical (unpaired) electrons. The second kappa shape index (κ2) is 15.4. The number of halogens is 1. The van der Waals surface area contributed by atoms with Crippen LogP contribution >= 0.6 is 0 Å². The first kappa shape index (κ1) is 30.4. The number of unbranched alkanes of at least 4 members (excludes halogenated alkanes) is 3. The van der Waals surface area contributed by atoms with Gasteiger partial charge in [0.25, 0.3) is 0 Å². The molecule has 2 N–H and O–H groups in total. The number of amides is 2. The van der Waals surface area contributed by atoms with Crippen molar-refractivity contribution in [2.24, 2.45) is 5.92 Å². The van der Waals surface area contributed by atoms with Crippen molar-refractivity contribution in [2.45, 2.75) is 104 Å². The zero-order chi connectivity index (χ0) is 27.3. The van der Waals surface area contributed by atoms with Gasteiger partial charge in [-0.1, -0.05) is 58.2 Å². The van der Waals surface area contributed by atoms with Crippen LogP contribution in [0.15, 0.2) is 24.4 Å². The van der Waals surface area contributed by atoms with E-state index in [-0.39, 0.29) is 30.0 Å². The topological polar surface area (TPSA) is 106 Å². The van der Waals surface area contributed by atoms with Gasteiger partial charge in [-0.15, -0.1) is 5.10 Å². The molecular formula is C28H43FN4O4. The van der Waals surface area contributed by atoms with Crippen LogP contribution in [0.25, 0.3) is 0 Å². The number of nitrogens with one attached hydrogen (secondary N) is 1. The maximum absolute atomic E-state index is 14.3. The zero-order valence-corrected chi connectivity index (χ0v) is 22.8. The van der Waals surface area contributed by atoms with E-state index >= 15 is 0 Å². The molecule has 1 aromatic carbocycles. The Bertz CT molecular complexity index is 996. The van der Waals surface area contributed by atoms with Gasteiger partial charge in [-0.3, -0.25) is 14.9 Å². The minimum Gasteiger partial charge on any atom is -0.491 e. The van der Waals surface area contributed by atoms with Gasteiger partial charge in [0.05, 0.1) is 25.0 Å². The number of aromatic nitrogens is 3. The molecule has 2 unspecified atom stereocenters. The second-order valence-corrected chi connectivity index (χ2v) is 9.36. The Morgan fingerprint density at radius 3 is 2.68 bits per heavy atom. The van der Waals surface area contributed by atoms with Gasteiger partial charge in [0.2, 0.25) is 11.8 Å². The van der Waals surface area contributed by atoms with Crippen molar-refractivity contribution in [1.82, 2.24) is 20.3 Å². The Labute approximate surface area is 220 Å². The highest BCUT2D eigenvalue weighted by molar-refractivity contribution is 5.98. The van der Waals surface area contributed by atoms with Crippen LogP contribution in [0.3, 0.4) is 0 Å². The van der Waals surface area contributed by atoms with Gasteiger partial charge in [0, 0.05) is 12.3 Å². The number of benzene rings is 1. The van der Waals surface area contributed by atoms with Crippen molar-refractivity contribution in [1.29, 1.82) is 0 Å². The molecule has 2 atom stereocenters. The van der Waals surface area contributed by atoms with Crippen molar-refractivity contribution in [3.63, 3.8) is 0 Å². The van der Waals surface area contributed by atoms with Crippen molar-refractivity contribution in [3.8, 4) is 5.75 Å². The smallest absolute Gasteiger partial charge is 0.229 e. The van der Waals surface area contributed by atoms with E-state index in [0.717, 1.165) is 44.2 Å². The molecule has 37 heavy (non-hydrogen) atoms. The number of rotatable bonds is 14. The number of piperidine rings is 1. The zero-order valence-electron chi connectivity index (χ0n) is 22.8. The fourth-order valence-electron chi connectivity index (χ4n) is 4.41. The van der Waals surface area contributed by atoms with Crippen molar-refractivity contribution in [3.05, 3.63) is 41.5 Å². The van der Waals surface area contributed by atoms with E-state index in [9.17, 15) is 19.1 Å².